The van der Waals surface area contributed by atoms with E-state index >= 15 is 0 Å². The lowest BCUT2D eigenvalue weighted by atomic mass is 10.0. The standard InChI is InChI=1S/C24H15BrFNO3/c25-16-7-5-6-15(12-16)22-13-19(17-8-2-4-11-21(17)27-22)24(29)30-14-23(28)18-9-1-3-10-20(18)26/h1-13H,14H2. The number of pyridine rings is 1. The number of hydrogen-bond acceptors (Lipinski definition) is 4. The quantitative estimate of drug-likeness (QED) is 0.275. The van der Waals surface area contributed by atoms with Gasteiger partial charge in [-0.25, -0.2) is 14.2 Å². The molecule has 0 radical (unpaired) electrons. The molecule has 4 rings (SSSR count). The second kappa shape index (κ2) is 8.55. The summed E-state index contributed by atoms with van der Waals surface area (Å²) in [6.45, 7) is -0.553. The van der Waals surface area contributed by atoms with E-state index in [0.29, 0.717) is 16.6 Å². The van der Waals surface area contributed by atoms with E-state index in [9.17, 15) is 14.0 Å². The van der Waals surface area contributed by atoms with Crippen molar-refractivity contribution in [1.29, 1.82) is 0 Å². The third-order valence-corrected chi connectivity index (χ3v) is 5.06. The van der Waals surface area contributed by atoms with Crippen LogP contribution >= 0.6 is 15.9 Å². The molecule has 0 amide bonds. The fraction of sp³-hybridized carbons (Fsp3) is 0.0417. The molecule has 6 heteroatoms. The molecule has 0 aliphatic rings. The molecule has 0 N–H and O–H groups in total. The van der Waals surface area contributed by atoms with Crippen molar-refractivity contribution >= 4 is 38.6 Å². The highest BCUT2D eigenvalue weighted by Crippen LogP contribution is 2.27. The number of halogens is 2. The van der Waals surface area contributed by atoms with Crippen LogP contribution in [0.3, 0.4) is 0 Å². The Hall–Kier alpha value is -3.38. The maximum atomic E-state index is 13.8. The minimum absolute atomic E-state index is 0.111. The molecule has 30 heavy (non-hydrogen) atoms. The molecule has 0 atom stereocenters. The number of nitrogens with zero attached hydrogens (tertiary/aromatic N) is 1. The number of Topliss-reactive ketones (excluding diaryl/α,β-unsaturated/α-hetero) is 1. The number of ketones is 1. The number of para-hydroxylation sites is 1. The first kappa shape index (κ1) is 19.9. The van der Waals surface area contributed by atoms with Gasteiger partial charge in [-0.2, -0.15) is 0 Å². The molecule has 0 saturated heterocycles. The van der Waals surface area contributed by atoms with Gasteiger partial charge in [0, 0.05) is 15.4 Å². The smallest absolute Gasteiger partial charge is 0.339 e. The van der Waals surface area contributed by atoms with Crippen LogP contribution in [0.25, 0.3) is 22.2 Å². The van der Waals surface area contributed by atoms with Gasteiger partial charge >= 0.3 is 5.97 Å². The van der Waals surface area contributed by atoms with Crippen molar-refractivity contribution in [2.75, 3.05) is 6.61 Å². The second-order valence-electron chi connectivity index (χ2n) is 6.56. The summed E-state index contributed by atoms with van der Waals surface area (Å²) >= 11 is 3.44. The molecule has 0 fully saturated rings. The highest BCUT2D eigenvalue weighted by atomic mass is 79.9. The molecule has 0 saturated carbocycles. The Morgan fingerprint density at radius 2 is 1.67 bits per heavy atom. The lowest BCUT2D eigenvalue weighted by Crippen LogP contribution is -2.16. The van der Waals surface area contributed by atoms with E-state index in [-0.39, 0.29) is 11.1 Å². The number of carbonyl (C=O) groups is 2. The number of hydrogen-bond donors (Lipinski definition) is 0. The maximum absolute atomic E-state index is 13.8. The van der Waals surface area contributed by atoms with Crippen molar-refractivity contribution < 1.29 is 18.7 Å². The Morgan fingerprint density at radius 3 is 2.47 bits per heavy atom. The summed E-state index contributed by atoms with van der Waals surface area (Å²) in [6.07, 6.45) is 0. The maximum Gasteiger partial charge on any atom is 0.339 e. The highest BCUT2D eigenvalue weighted by Gasteiger charge is 2.18. The Balaban J connectivity index is 1.66. The van der Waals surface area contributed by atoms with Crippen LogP contribution in [0.4, 0.5) is 4.39 Å². The fourth-order valence-corrected chi connectivity index (χ4v) is 3.51. The zero-order valence-electron chi connectivity index (χ0n) is 15.6. The number of fused-ring (bicyclic) bond motifs is 1. The predicted molar refractivity (Wildman–Crippen MR) is 116 cm³/mol. The normalized spacial score (nSPS) is 10.7. The van der Waals surface area contributed by atoms with Gasteiger partial charge in [-0.3, -0.25) is 4.79 Å². The first-order valence-corrected chi connectivity index (χ1v) is 9.93. The lowest BCUT2D eigenvalue weighted by molar-refractivity contribution is 0.0475. The highest BCUT2D eigenvalue weighted by molar-refractivity contribution is 9.10. The fourth-order valence-electron chi connectivity index (χ4n) is 3.11. The average molecular weight is 464 g/mol. The summed E-state index contributed by atoms with van der Waals surface area (Å²) in [6, 6.07) is 22.0. The first-order valence-electron chi connectivity index (χ1n) is 9.13. The van der Waals surface area contributed by atoms with E-state index in [1.165, 1.54) is 18.2 Å². The SMILES string of the molecule is O=C(COC(=O)c1cc(-c2cccc(Br)c2)nc2ccccc12)c1ccccc1F. The van der Waals surface area contributed by atoms with Crippen molar-refractivity contribution in [1.82, 2.24) is 4.98 Å². The summed E-state index contributed by atoms with van der Waals surface area (Å²) in [4.78, 5) is 29.7. The Labute approximate surface area is 180 Å². The van der Waals surface area contributed by atoms with Gasteiger partial charge in [0.05, 0.1) is 22.3 Å². The number of rotatable bonds is 5. The molecule has 1 heterocycles. The van der Waals surface area contributed by atoms with Gasteiger partial charge in [0.2, 0.25) is 5.78 Å². The molecular weight excluding hydrogens is 449 g/mol. The van der Waals surface area contributed by atoms with Crippen molar-refractivity contribution in [2.45, 2.75) is 0 Å². The van der Waals surface area contributed by atoms with Crippen LogP contribution in [0.1, 0.15) is 20.7 Å². The molecule has 4 nitrogen and oxygen atoms in total. The number of benzene rings is 3. The van der Waals surface area contributed by atoms with E-state index in [4.69, 9.17) is 4.74 Å². The molecule has 0 unspecified atom stereocenters. The molecule has 1 aromatic heterocycles. The molecule has 3 aromatic carbocycles. The minimum Gasteiger partial charge on any atom is -0.454 e. The molecule has 0 aliphatic carbocycles. The van der Waals surface area contributed by atoms with Crippen LogP contribution in [0.5, 0.6) is 0 Å². The summed E-state index contributed by atoms with van der Waals surface area (Å²) in [5.74, 6) is -1.92. The molecule has 0 bridgehead atoms. The largest absolute Gasteiger partial charge is 0.454 e. The minimum atomic E-state index is -0.672. The summed E-state index contributed by atoms with van der Waals surface area (Å²) in [5, 5.41) is 0.611. The van der Waals surface area contributed by atoms with Crippen LogP contribution in [-0.2, 0) is 4.74 Å². The van der Waals surface area contributed by atoms with Gasteiger partial charge in [0.15, 0.2) is 6.61 Å². The van der Waals surface area contributed by atoms with Gasteiger partial charge < -0.3 is 4.74 Å². The van der Waals surface area contributed by atoms with Gasteiger partial charge in [-0.05, 0) is 36.4 Å². The van der Waals surface area contributed by atoms with E-state index < -0.39 is 24.2 Å². The Morgan fingerprint density at radius 1 is 0.900 bits per heavy atom. The summed E-state index contributed by atoms with van der Waals surface area (Å²) < 4.78 is 19.9. The van der Waals surface area contributed by atoms with E-state index in [1.807, 2.05) is 30.3 Å². The summed E-state index contributed by atoms with van der Waals surface area (Å²) in [5.41, 5.74) is 2.23. The van der Waals surface area contributed by atoms with Crippen molar-refractivity contribution in [3.05, 3.63) is 100 Å². The average Bonchev–Trinajstić information content (AvgIpc) is 2.76. The van der Waals surface area contributed by atoms with Crippen molar-refractivity contribution in [3.63, 3.8) is 0 Å². The van der Waals surface area contributed by atoms with E-state index in [2.05, 4.69) is 20.9 Å². The number of carbonyl (C=O) groups excluding carboxylic acids is 2. The molecule has 148 valence electrons. The van der Waals surface area contributed by atoms with Gasteiger partial charge in [-0.1, -0.05) is 58.4 Å². The van der Waals surface area contributed by atoms with Gasteiger partial charge in [-0.15, -0.1) is 0 Å². The number of ether oxygens (including phenoxy) is 1. The van der Waals surface area contributed by atoms with Crippen molar-refractivity contribution in [3.8, 4) is 11.3 Å². The molecular formula is C24H15BrFNO3. The third-order valence-electron chi connectivity index (χ3n) is 4.57. The molecule has 4 aromatic rings. The zero-order valence-corrected chi connectivity index (χ0v) is 17.2. The van der Waals surface area contributed by atoms with Crippen LogP contribution < -0.4 is 0 Å². The van der Waals surface area contributed by atoms with E-state index in [0.717, 1.165) is 10.0 Å². The topological polar surface area (TPSA) is 56.3 Å². The zero-order chi connectivity index (χ0) is 21.1. The predicted octanol–water partition coefficient (Wildman–Crippen LogP) is 5.84. The second-order valence-corrected chi connectivity index (χ2v) is 7.48. The van der Waals surface area contributed by atoms with Crippen LogP contribution in [-0.4, -0.2) is 23.3 Å². The third kappa shape index (κ3) is 4.14. The van der Waals surface area contributed by atoms with Crippen LogP contribution in [0, 0.1) is 5.82 Å². The summed E-state index contributed by atoms with van der Waals surface area (Å²) in [7, 11) is 0. The molecule has 0 spiro atoms. The molecule has 0 aliphatic heterocycles. The monoisotopic (exact) mass is 463 g/mol. The number of aromatic nitrogens is 1. The van der Waals surface area contributed by atoms with Gasteiger partial charge in [0.25, 0.3) is 0 Å². The van der Waals surface area contributed by atoms with Gasteiger partial charge in [0.1, 0.15) is 5.82 Å². The lowest BCUT2D eigenvalue weighted by Gasteiger charge is -2.10. The Kier molecular flexibility index (Phi) is 5.68. The van der Waals surface area contributed by atoms with Crippen LogP contribution in [0.15, 0.2) is 83.3 Å². The first-order chi connectivity index (χ1) is 14.5. The number of esters is 1. The Bertz CT molecular complexity index is 1270. The van der Waals surface area contributed by atoms with Crippen molar-refractivity contribution in [2.24, 2.45) is 0 Å². The van der Waals surface area contributed by atoms with Crippen LogP contribution in [0.2, 0.25) is 0 Å². The van der Waals surface area contributed by atoms with E-state index in [1.54, 1.807) is 30.3 Å².